The molecule has 4 nitrogen and oxygen atoms in total. The van der Waals surface area contributed by atoms with Crippen LogP contribution >= 0.6 is 11.3 Å². The summed E-state index contributed by atoms with van der Waals surface area (Å²) in [5.41, 5.74) is 3.42. The molecule has 0 fully saturated rings. The van der Waals surface area contributed by atoms with Crippen LogP contribution in [0.15, 0.2) is 48.0 Å². The topological polar surface area (TPSA) is 54.5 Å². The maximum Gasteiger partial charge on any atom is 0.134 e. The molecule has 0 saturated carbocycles. The molecule has 0 aliphatic rings. The van der Waals surface area contributed by atoms with E-state index in [-0.39, 0.29) is 0 Å². The number of nitrogens with zero attached hydrogens (tertiary/aromatic N) is 4. The van der Waals surface area contributed by atoms with Crippen molar-refractivity contribution in [1.29, 1.82) is 5.26 Å². The predicted octanol–water partition coefficient (Wildman–Crippen LogP) is 4.09. The van der Waals surface area contributed by atoms with Crippen molar-refractivity contribution in [2.75, 3.05) is 0 Å². The molecular weight excluding hydrogens is 292 g/mol. The molecule has 0 radical (unpaired) electrons. The Morgan fingerprint density at radius 1 is 1.32 bits per heavy atom. The van der Waals surface area contributed by atoms with E-state index in [1.165, 1.54) is 11.3 Å². The summed E-state index contributed by atoms with van der Waals surface area (Å²) in [6, 6.07) is 14.1. The van der Waals surface area contributed by atoms with E-state index in [4.69, 9.17) is 0 Å². The quantitative estimate of drug-likeness (QED) is 0.682. The van der Waals surface area contributed by atoms with Crippen molar-refractivity contribution in [2.45, 2.75) is 13.5 Å². The number of rotatable bonds is 4. The maximum atomic E-state index is 9.44. The number of aromatic nitrogens is 3. The van der Waals surface area contributed by atoms with Gasteiger partial charge in [0.15, 0.2) is 0 Å². The van der Waals surface area contributed by atoms with Gasteiger partial charge in [0.2, 0.25) is 0 Å². The van der Waals surface area contributed by atoms with Gasteiger partial charge in [-0.2, -0.15) is 10.4 Å². The molecule has 0 atom stereocenters. The first-order chi connectivity index (χ1) is 10.8. The van der Waals surface area contributed by atoms with E-state index in [0.717, 1.165) is 28.5 Å². The fraction of sp³-hybridized carbons (Fsp3) is 0.118. The van der Waals surface area contributed by atoms with Crippen LogP contribution in [0.3, 0.4) is 0 Å². The van der Waals surface area contributed by atoms with Gasteiger partial charge >= 0.3 is 0 Å². The Morgan fingerprint density at radius 2 is 2.14 bits per heavy atom. The molecule has 0 bridgehead atoms. The lowest BCUT2D eigenvalue weighted by Crippen LogP contribution is -1.98. The molecule has 2 aromatic heterocycles. The molecule has 5 heteroatoms. The number of benzene rings is 1. The summed E-state index contributed by atoms with van der Waals surface area (Å²) in [7, 11) is 0. The highest BCUT2D eigenvalue weighted by atomic mass is 32.1. The van der Waals surface area contributed by atoms with Crippen LogP contribution in [0.1, 0.15) is 17.6 Å². The molecule has 0 N–H and O–H groups in total. The van der Waals surface area contributed by atoms with Gasteiger partial charge in [-0.15, -0.1) is 11.3 Å². The van der Waals surface area contributed by atoms with E-state index in [0.29, 0.717) is 5.57 Å². The summed E-state index contributed by atoms with van der Waals surface area (Å²) < 4.78 is 1.85. The molecule has 0 saturated heterocycles. The van der Waals surface area contributed by atoms with E-state index in [2.05, 4.69) is 16.2 Å². The van der Waals surface area contributed by atoms with Crippen LogP contribution in [0.2, 0.25) is 0 Å². The predicted molar refractivity (Wildman–Crippen MR) is 88.9 cm³/mol. The molecule has 0 aliphatic carbocycles. The maximum absolute atomic E-state index is 9.44. The van der Waals surface area contributed by atoms with Crippen molar-refractivity contribution in [3.8, 4) is 17.3 Å². The van der Waals surface area contributed by atoms with Gasteiger partial charge in [-0.1, -0.05) is 30.3 Å². The second kappa shape index (κ2) is 6.37. The lowest BCUT2D eigenvalue weighted by atomic mass is 10.2. The fourth-order valence-electron chi connectivity index (χ4n) is 2.16. The molecule has 2 heterocycles. The van der Waals surface area contributed by atoms with Crippen LogP contribution in [0.4, 0.5) is 0 Å². The van der Waals surface area contributed by atoms with Crippen LogP contribution in [-0.2, 0) is 6.54 Å². The van der Waals surface area contributed by atoms with Crippen LogP contribution < -0.4 is 0 Å². The van der Waals surface area contributed by atoms with Gasteiger partial charge in [-0.05, 0) is 19.1 Å². The number of aryl methyl sites for hydroxylation is 1. The van der Waals surface area contributed by atoms with Crippen LogP contribution in [0.25, 0.3) is 22.9 Å². The molecule has 0 amide bonds. The van der Waals surface area contributed by atoms with E-state index in [1.807, 2.05) is 59.5 Å². The third-order valence-electron chi connectivity index (χ3n) is 3.27. The van der Waals surface area contributed by atoms with Gasteiger partial charge in [0, 0.05) is 23.7 Å². The average Bonchev–Trinajstić information content (AvgIpc) is 3.22. The standard InChI is InChI=1S/C17H14N4S/c1-2-21-15(8-9-19-21)10-14(11-18)17-20-16(12-22-17)13-6-4-3-5-7-13/h3-10,12H,2H2,1H3. The van der Waals surface area contributed by atoms with E-state index in [9.17, 15) is 5.26 Å². The van der Waals surface area contributed by atoms with Gasteiger partial charge in [-0.25, -0.2) is 4.98 Å². The Hall–Kier alpha value is -2.71. The largest absolute Gasteiger partial charge is 0.266 e. The lowest BCUT2D eigenvalue weighted by Gasteiger charge is -2.00. The lowest BCUT2D eigenvalue weighted by molar-refractivity contribution is 0.654. The van der Waals surface area contributed by atoms with E-state index < -0.39 is 0 Å². The van der Waals surface area contributed by atoms with Crippen LogP contribution in [0.5, 0.6) is 0 Å². The SMILES string of the molecule is CCn1nccc1C=C(C#N)c1nc(-c2ccccc2)cs1. The smallest absolute Gasteiger partial charge is 0.134 e. The highest BCUT2D eigenvalue weighted by Crippen LogP contribution is 2.26. The molecule has 3 rings (SSSR count). The summed E-state index contributed by atoms with van der Waals surface area (Å²) in [5.74, 6) is 0. The van der Waals surface area contributed by atoms with E-state index in [1.54, 1.807) is 6.20 Å². The van der Waals surface area contributed by atoms with Gasteiger partial charge < -0.3 is 0 Å². The summed E-state index contributed by atoms with van der Waals surface area (Å²) in [4.78, 5) is 4.59. The number of allylic oxidation sites excluding steroid dienone is 1. The minimum absolute atomic E-state index is 0.558. The zero-order valence-corrected chi connectivity index (χ0v) is 12.9. The number of hydrogen-bond acceptors (Lipinski definition) is 4. The summed E-state index contributed by atoms with van der Waals surface area (Å²) in [6.07, 6.45) is 3.58. The van der Waals surface area contributed by atoms with Crippen molar-refractivity contribution in [2.24, 2.45) is 0 Å². The molecule has 0 unspecified atom stereocenters. The molecule has 1 aromatic carbocycles. The Labute approximate surface area is 133 Å². The number of thiazole rings is 1. The van der Waals surface area contributed by atoms with Crippen molar-refractivity contribution in [3.63, 3.8) is 0 Å². The highest BCUT2D eigenvalue weighted by molar-refractivity contribution is 7.11. The van der Waals surface area contributed by atoms with Crippen LogP contribution in [-0.4, -0.2) is 14.8 Å². The summed E-state index contributed by atoms with van der Waals surface area (Å²) >= 11 is 1.48. The Balaban J connectivity index is 1.96. The molecule has 0 aliphatic heterocycles. The zero-order chi connectivity index (χ0) is 15.4. The van der Waals surface area contributed by atoms with Crippen LogP contribution in [0, 0.1) is 11.3 Å². The molecule has 22 heavy (non-hydrogen) atoms. The monoisotopic (exact) mass is 306 g/mol. The Bertz CT molecular complexity index is 837. The second-order valence-corrected chi connectivity index (χ2v) is 5.50. The minimum Gasteiger partial charge on any atom is -0.266 e. The minimum atomic E-state index is 0.558. The third-order valence-corrected chi connectivity index (χ3v) is 4.14. The zero-order valence-electron chi connectivity index (χ0n) is 12.1. The molecule has 3 aromatic rings. The first-order valence-electron chi connectivity index (χ1n) is 6.96. The Kier molecular flexibility index (Phi) is 4.12. The number of nitriles is 1. The second-order valence-electron chi connectivity index (χ2n) is 4.65. The third kappa shape index (κ3) is 2.83. The van der Waals surface area contributed by atoms with Gasteiger partial charge in [-0.3, -0.25) is 4.68 Å². The van der Waals surface area contributed by atoms with Crippen molar-refractivity contribution >= 4 is 23.0 Å². The van der Waals surface area contributed by atoms with Gasteiger partial charge in [0.05, 0.1) is 17.0 Å². The van der Waals surface area contributed by atoms with Gasteiger partial charge in [0.1, 0.15) is 11.1 Å². The molecule has 108 valence electrons. The molecule has 0 spiro atoms. The normalized spacial score (nSPS) is 11.4. The van der Waals surface area contributed by atoms with Crippen molar-refractivity contribution in [1.82, 2.24) is 14.8 Å². The van der Waals surface area contributed by atoms with Crippen molar-refractivity contribution in [3.05, 3.63) is 58.7 Å². The summed E-state index contributed by atoms with van der Waals surface area (Å²) in [5, 5.41) is 16.4. The fourth-order valence-corrected chi connectivity index (χ4v) is 2.95. The Morgan fingerprint density at radius 3 is 2.86 bits per heavy atom. The average molecular weight is 306 g/mol. The summed E-state index contributed by atoms with van der Waals surface area (Å²) in [6.45, 7) is 2.79. The highest BCUT2D eigenvalue weighted by Gasteiger charge is 2.10. The first-order valence-corrected chi connectivity index (χ1v) is 7.84. The number of hydrogen-bond donors (Lipinski definition) is 0. The van der Waals surface area contributed by atoms with Gasteiger partial charge in [0.25, 0.3) is 0 Å². The van der Waals surface area contributed by atoms with E-state index >= 15 is 0 Å². The first kappa shape index (κ1) is 14.2. The van der Waals surface area contributed by atoms with Crippen molar-refractivity contribution < 1.29 is 0 Å². The molecular formula is C17H14N4S.